The molecule has 1 saturated carbocycles. The van der Waals surface area contributed by atoms with Crippen LogP contribution < -0.4 is 0 Å². The van der Waals surface area contributed by atoms with Crippen molar-refractivity contribution in [2.75, 3.05) is 7.11 Å². The summed E-state index contributed by atoms with van der Waals surface area (Å²) in [5.74, 6) is 0.350. The fourth-order valence-electron chi connectivity index (χ4n) is 2.61. The van der Waals surface area contributed by atoms with Gasteiger partial charge in [-0.2, -0.15) is 0 Å². The largest absolute Gasteiger partial charge is 0.373 e. The molecule has 1 fully saturated rings. The SMILES string of the molecule is COC(C(=O)c1cnnn1C)C1CCCCC1. The molecule has 0 N–H and O–H groups in total. The van der Waals surface area contributed by atoms with Gasteiger partial charge in [0.15, 0.2) is 0 Å². The van der Waals surface area contributed by atoms with E-state index in [-0.39, 0.29) is 11.9 Å². The maximum Gasteiger partial charge on any atom is 0.211 e. The molecule has 1 heterocycles. The minimum absolute atomic E-state index is 0.00639. The highest BCUT2D eigenvalue weighted by atomic mass is 16.5. The number of ether oxygens (including phenoxy) is 1. The van der Waals surface area contributed by atoms with E-state index >= 15 is 0 Å². The second-order valence-corrected chi connectivity index (χ2v) is 4.66. The molecule has 0 amide bonds. The van der Waals surface area contributed by atoms with Gasteiger partial charge in [0.25, 0.3) is 0 Å². The van der Waals surface area contributed by atoms with E-state index < -0.39 is 0 Å². The first-order valence-electron chi connectivity index (χ1n) is 6.15. The van der Waals surface area contributed by atoms with Gasteiger partial charge in [0, 0.05) is 14.2 Å². The molecule has 17 heavy (non-hydrogen) atoms. The van der Waals surface area contributed by atoms with Crippen molar-refractivity contribution in [3.05, 3.63) is 11.9 Å². The number of rotatable bonds is 4. The predicted octanol–water partition coefficient (Wildman–Crippen LogP) is 1.59. The Morgan fingerprint density at radius 1 is 1.47 bits per heavy atom. The molecule has 0 aromatic carbocycles. The van der Waals surface area contributed by atoms with E-state index in [0.29, 0.717) is 11.6 Å². The average molecular weight is 237 g/mol. The lowest BCUT2D eigenvalue weighted by atomic mass is 9.83. The summed E-state index contributed by atoms with van der Waals surface area (Å²) in [6.07, 6.45) is 6.99. The van der Waals surface area contributed by atoms with Crippen molar-refractivity contribution in [3.8, 4) is 0 Å². The fourth-order valence-corrected chi connectivity index (χ4v) is 2.61. The third-order valence-electron chi connectivity index (χ3n) is 3.56. The Labute approximate surface area is 101 Å². The van der Waals surface area contributed by atoms with Crippen LogP contribution in [0.1, 0.15) is 42.6 Å². The number of carbonyl (C=O) groups excluding carboxylic acids is 1. The molecular formula is C12H19N3O2. The molecule has 2 rings (SSSR count). The van der Waals surface area contributed by atoms with Gasteiger partial charge in [-0.1, -0.05) is 24.5 Å². The van der Waals surface area contributed by atoms with Crippen LogP contribution in [0.4, 0.5) is 0 Å². The number of aromatic nitrogens is 3. The molecule has 0 aliphatic heterocycles. The summed E-state index contributed by atoms with van der Waals surface area (Å²) in [5, 5.41) is 7.53. The van der Waals surface area contributed by atoms with E-state index in [1.54, 1.807) is 14.2 Å². The van der Waals surface area contributed by atoms with Crippen molar-refractivity contribution in [2.24, 2.45) is 13.0 Å². The highest BCUT2D eigenvalue weighted by molar-refractivity contribution is 5.97. The zero-order valence-corrected chi connectivity index (χ0v) is 10.4. The van der Waals surface area contributed by atoms with Crippen molar-refractivity contribution in [1.29, 1.82) is 0 Å². The van der Waals surface area contributed by atoms with E-state index in [0.717, 1.165) is 12.8 Å². The number of aryl methyl sites for hydroxylation is 1. The number of Topliss-reactive ketones (excluding diaryl/α,β-unsaturated/α-hetero) is 1. The molecule has 1 aromatic heterocycles. The minimum Gasteiger partial charge on any atom is -0.373 e. The van der Waals surface area contributed by atoms with Crippen LogP contribution in [0.3, 0.4) is 0 Å². The lowest BCUT2D eigenvalue weighted by Gasteiger charge is -2.27. The van der Waals surface area contributed by atoms with Crippen molar-refractivity contribution in [3.63, 3.8) is 0 Å². The zero-order valence-electron chi connectivity index (χ0n) is 10.4. The van der Waals surface area contributed by atoms with Crippen LogP contribution in [0.15, 0.2) is 6.20 Å². The monoisotopic (exact) mass is 237 g/mol. The molecule has 1 aromatic rings. The summed E-state index contributed by atoms with van der Waals surface area (Å²) < 4.78 is 6.92. The van der Waals surface area contributed by atoms with Gasteiger partial charge in [-0.3, -0.25) is 4.79 Å². The van der Waals surface area contributed by atoms with E-state index in [1.165, 1.54) is 30.1 Å². The molecule has 1 unspecified atom stereocenters. The van der Waals surface area contributed by atoms with Crippen molar-refractivity contribution in [1.82, 2.24) is 15.0 Å². The van der Waals surface area contributed by atoms with Crippen LogP contribution in [0, 0.1) is 5.92 Å². The molecule has 1 aliphatic rings. The van der Waals surface area contributed by atoms with Crippen LogP contribution in [0.2, 0.25) is 0 Å². The molecule has 1 atom stereocenters. The fraction of sp³-hybridized carbons (Fsp3) is 0.750. The second-order valence-electron chi connectivity index (χ2n) is 4.66. The molecule has 94 valence electrons. The Morgan fingerprint density at radius 2 is 2.18 bits per heavy atom. The smallest absolute Gasteiger partial charge is 0.211 e. The van der Waals surface area contributed by atoms with Crippen LogP contribution >= 0.6 is 0 Å². The second kappa shape index (κ2) is 5.40. The quantitative estimate of drug-likeness (QED) is 0.746. The normalized spacial score (nSPS) is 19.2. The summed E-state index contributed by atoms with van der Waals surface area (Å²) in [5.41, 5.74) is 0.530. The first kappa shape index (κ1) is 12.2. The molecule has 5 heteroatoms. The molecular weight excluding hydrogens is 218 g/mol. The maximum absolute atomic E-state index is 12.3. The highest BCUT2D eigenvalue weighted by Crippen LogP contribution is 2.29. The molecule has 0 bridgehead atoms. The van der Waals surface area contributed by atoms with Gasteiger partial charge in [-0.05, 0) is 18.8 Å². The van der Waals surface area contributed by atoms with E-state index in [1.807, 2.05) is 0 Å². The third-order valence-corrected chi connectivity index (χ3v) is 3.56. The van der Waals surface area contributed by atoms with Gasteiger partial charge in [0.2, 0.25) is 5.78 Å². The van der Waals surface area contributed by atoms with Crippen molar-refractivity contribution in [2.45, 2.75) is 38.2 Å². The first-order valence-corrected chi connectivity index (χ1v) is 6.15. The number of carbonyl (C=O) groups is 1. The topological polar surface area (TPSA) is 57.0 Å². The highest BCUT2D eigenvalue weighted by Gasteiger charge is 2.31. The molecule has 0 spiro atoms. The van der Waals surface area contributed by atoms with Gasteiger partial charge in [-0.25, -0.2) is 4.68 Å². The van der Waals surface area contributed by atoms with E-state index in [9.17, 15) is 4.79 Å². The van der Waals surface area contributed by atoms with Crippen LogP contribution in [0.25, 0.3) is 0 Å². The Hall–Kier alpha value is -1.23. The summed E-state index contributed by atoms with van der Waals surface area (Å²) in [4.78, 5) is 12.3. The van der Waals surface area contributed by atoms with Crippen molar-refractivity contribution >= 4 is 5.78 Å². The standard InChI is InChI=1S/C12H19N3O2/c1-15-10(8-13-14-15)11(16)12(17-2)9-6-4-3-5-7-9/h8-9,12H,3-7H2,1-2H3. The minimum atomic E-state index is -0.340. The number of hydrogen-bond donors (Lipinski definition) is 0. The lowest BCUT2D eigenvalue weighted by Crippen LogP contribution is -2.34. The van der Waals surface area contributed by atoms with Crippen molar-refractivity contribution < 1.29 is 9.53 Å². The van der Waals surface area contributed by atoms with Crippen LogP contribution in [0.5, 0.6) is 0 Å². The molecule has 1 aliphatic carbocycles. The number of ketones is 1. The van der Waals surface area contributed by atoms with Gasteiger partial charge < -0.3 is 4.74 Å². The number of nitrogens with zero attached hydrogens (tertiary/aromatic N) is 3. The van der Waals surface area contributed by atoms with E-state index in [4.69, 9.17) is 4.74 Å². The van der Waals surface area contributed by atoms with E-state index in [2.05, 4.69) is 10.3 Å². The molecule has 5 nitrogen and oxygen atoms in total. The molecule has 0 radical (unpaired) electrons. The summed E-state index contributed by atoms with van der Waals surface area (Å²) in [6.45, 7) is 0. The number of methoxy groups -OCH3 is 1. The zero-order chi connectivity index (χ0) is 12.3. The number of hydrogen-bond acceptors (Lipinski definition) is 4. The van der Waals surface area contributed by atoms with Gasteiger partial charge in [0.05, 0.1) is 6.20 Å². The summed E-state index contributed by atoms with van der Waals surface area (Å²) >= 11 is 0. The third kappa shape index (κ3) is 2.54. The first-order chi connectivity index (χ1) is 8.24. The average Bonchev–Trinajstić information content (AvgIpc) is 2.77. The summed E-state index contributed by atoms with van der Waals surface area (Å²) in [7, 11) is 3.34. The Kier molecular flexibility index (Phi) is 3.89. The maximum atomic E-state index is 12.3. The Morgan fingerprint density at radius 3 is 2.71 bits per heavy atom. The molecule has 0 saturated heterocycles. The predicted molar refractivity (Wildman–Crippen MR) is 62.7 cm³/mol. The van der Waals surface area contributed by atoms with Crippen LogP contribution in [-0.2, 0) is 11.8 Å². The van der Waals surface area contributed by atoms with Crippen LogP contribution in [-0.4, -0.2) is 34.0 Å². The Balaban J connectivity index is 2.12. The van der Waals surface area contributed by atoms with Gasteiger partial charge >= 0.3 is 0 Å². The van der Waals surface area contributed by atoms with Gasteiger partial charge in [-0.15, -0.1) is 5.10 Å². The Bertz CT molecular complexity index is 383. The van der Waals surface area contributed by atoms with Gasteiger partial charge in [0.1, 0.15) is 11.8 Å². The summed E-state index contributed by atoms with van der Waals surface area (Å²) in [6, 6.07) is 0. The lowest BCUT2D eigenvalue weighted by molar-refractivity contribution is 0.0306.